The van der Waals surface area contributed by atoms with Crippen LogP contribution in [0, 0.1) is 23.2 Å². The van der Waals surface area contributed by atoms with Crippen LogP contribution in [-0.4, -0.2) is 16.7 Å². The third kappa shape index (κ3) is 1.95. The lowest BCUT2D eigenvalue weighted by Crippen LogP contribution is -1.87. The van der Waals surface area contributed by atoms with Crippen molar-refractivity contribution in [3.05, 3.63) is 21.7 Å². The summed E-state index contributed by atoms with van der Waals surface area (Å²) in [6.45, 7) is 0.0420. The number of azide groups is 1. The van der Waals surface area contributed by atoms with Crippen LogP contribution in [0.2, 0.25) is 0 Å². The van der Waals surface area contributed by atoms with Gasteiger partial charge in [-0.15, -0.1) is 0 Å². The standard InChI is InChI=1S/C7H5N7/c8-4-5-6(12-13-7(5)9)2-1-3-11-14-10/h3H2,(H3,9,12,13). The highest BCUT2D eigenvalue weighted by molar-refractivity contribution is 5.56. The number of hydrogen-bond acceptors (Lipinski definition) is 4. The molecular formula is C7H5N7. The fourth-order valence-electron chi connectivity index (χ4n) is 0.755. The number of hydrogen-bond donors (Lipinski definition) is 2. The molecular weight excluding hydrogens is 182 g/mol. The summed E-state index contributed by atoms with van der Waals surface area (Å²) in [6, 6.07) is 1.86. The highest BCUT2D eigenvalue weighted by atomic mass is 15.2. The first-order valence-corrected chi connectivity index (χ1v) is 3.53. The van der Waals surface area contributed by atoms with Gasteiger partial charge >= 0.3 is 0 Å². The number of rotatable bonds is 1. The number of H-pyrrole nitrogens is 1. The lowest BCUT2D eigenvalue weighted by Gasteiger charge is -1.82. The maximum Gasteiger partial charge on any atom is 0.164 e. The number of nitrogens with zero attached hydrogens (tertiary/aromatic N) is 5. The molecule has 0 fully saturated rings. The van der Waals surface area contributed by atoms with Gasteiger partial charge in [-0.2, -0.15) is 10.4 Å². The van der Waals surface area contributed by atoms with Crippen molar-refractivity contribution in [2.24, 2.45) is 5.11 Å². The third-order valence-corrected chi connectivity index (χ3v) is 1.33. The molecule has 3 N–H and O–H groups in total. The van der Waals surface area contributed by atoms with Gasteiger partial charge in [0.2, 0.25) is 0 Å². The summed E-state index contributed by atoms with van der Waals surface area (Å²) in [5, 5.41) is 18.0. The van der Waals surface area contributed by atoms with Crippen LogP contribution in [0.25, 0.3) is 10.4 Å². The molecule has 0 aromatic carbocycles. The number of nitriles is 1. The van der Waals surface area contributed by atoms with Gasteiger partial charge in [-0.05, 0) is 11.5 Å². The topological polar surface area (TPSA) is 127 Å². The Bertz CT molecular complexity index is 474. The van der Waals surface area contributed by atoms with E-state index in [0.29, 0.717) is 5.69 Å². The monoisotopic (exact) mass is 187 g/mol. The number of nitrogen functional groups attached to an aromatic ring is 1. The molecule has 0 atom stereocenters. The summed E-state index contributed by atoms with van der Waals surface area (Å²) >= 11 is 0. The van der Waals surface area contributed by atoms with E-state index < -0.39 is 0 Å². The fraction of sp³-hybridized carbons (Fsp3) is 0.143. The quantitative estimate of drug-likeness (QED) is 0.288. The van der Waals surface area contributed by atoms with Crippen LogP contribution in [0.4, 0.5) is 5.82 Å². The number of aromatic amines is 1. The highest BCUT2D eigenvalue weighted by Gasteiger charge is 2.06. The van der Waals surface area contributed by atoms with E-state index >= 15 is 0 Å². The van der Waals surface area contributed by atoms with Crippen molar-refractivity contribution in [3.8, 4) is 17.9 Å². The van der Waals surface area contributed by atoms with Gasteiger partial charge in [-0.1, -0.05) is 11.0 Å². The largest absolute Gasteiger partial charge is 0.381 e. The second-order valence-corrected chi connectivity index (χ2v) is 2.16. The zero-order valence-corrected chi connectivity index (χ0v) is 7.02. The predicted octanol–water partition coefficient (Wildman–Crippen LogP) is 0.525. The van der Waals surface area contributed by atoms with Crippen molar-refractivity contribution in [3.63, 3.8) is 0 Å². The van der Waals surface area contributed by atoms with Crippen molar-refractivity contribution >= 4 is 5.82 Å². The van der Waals surface area contributed by atoms with Gasteiger partial charge in [0.05, 0.1) is 6.54 Å². The first kappa shape index (κ1) is 9.46. The molecule has 7 heteroatoms. The normalized spacial score (nSPS) is 7.93. The molecule has 1 aromatic heterocycles. The zero-order valence-electron chi connectivity index (χ0n) is 7.02. The van der Waals surface area contributed by atoms with Gasteiger partial charge in [-0.25, -0.2) is 0 Å². The van der Waals surface area contributed by atoms with E-state index in [9.17, 15) is 0 Å². The molecule has 1 aromatic rings. The predicted molar refractivity (Wildman–Crippen MR) is 48.6 cm³/mol. The molecule has 68 valence electrons. The summed E-state index contributed by atoms with van der Waals surface area (Å²) < 4.78 is 0. The Morgan fingerprint density at radius 3 is 3.14 bits per heavy atom. The molecule has 1 heterocycles. The molecule has 7 nitrogen and oxygen atoms in total. The molecule has 0 saturated carbocycles. The Morgan fingerprint density at radius 2 is 2.50 bits per heavy atom. The summed E-state index contributed by atoms with van der Waals surface area (Å²) in [5.41, 5.74) is 13.9. The Morgan fingerprint density at radius 1 is 1.71 bits per heavy atom. The van der Waals surface area contributed by atoms with Crippen molar-refractivity contribution < 1.29 is 0 Å². The lowest BCUT2D eigenvalue weighted by molar-refractivity contribution is 1.08. The van der Waals surface area contributed by atoms with Crippen molar-refractivity contribution in [2.75, 3.05) is 12.3 Å². The van der Waals surface area contributed by atoms with Crippen molar-refractivity contribution in [1.82, 2.24) is 10.2 Å². The smallest absolute Gasteiger partial charge is 0.164 e. The molecule has 0 unspecified atom stereocenters. The van der Waals surface area contributed by atoms with E-state index in [4.69, 9.17) is 16.5 Å². The van der Waals surface area contributed by atoms with Crippen LogP contribution in [0.15, 0.2) is 5.11 Å². The Balaban J connectivity index is 2.90. The first-order chi connectivity index (χ1) is 6.79. The molecule has 0 saturated heterocycles. The molecule has 0 aliphatic carbocycles. The number of nitrogens with one attached hydrogen (secondary N) is 1. The van der Waals surface area contributed by atoms with Crippen molar-refractivity contribution in [2.45, 2.75) is 0 Å². The van der Waals surface area contributed by atoms with Gasteiger partial charge in [0.25, 0.3) is 0 Å². The van der Waals surface area contributed by atoms with Gasteiger partial charge in [0.1, 0.15) is 17.3 Å². The zero-order chi connectivity index (χ0) is 10.4. The third-order valence-electron chi connectivity index (χ3n) is 1.33. The van der Waals surface area contributed by atoms with Gasteiger partial charge in [0, 0.05) is 4.91 Å². The van der Waals surface area contributed by atoms with E-state index in [1.54, 1.807) is 0 Å². The van der Waals surface area contributed by atoms with E-state index in [1.807, 2.05) is 6.07 Å². The van der Waals surface area contributed by atoms with Crippen LogP contribution < -0.4 is 5.73 Å². The fourth-order valence-corrected chi connectivity index (χ4v) is 0.755. The summed E-state index contributed by atoms with van der Waals surface area (Å²) in [4.78, 5) is 2.52. The Kier molecular flexibility index (Phi) is 2.98. The van der Waals surface area contributed by atoms with Crippen LogP contribution in [-0.2, 0) is 0 Å². The second-order valence-electron chi connectivity index (χ2n) is 2.16. The molecule has 1 rings (SSSR count). The van der Waals surface area contributed by atoms with Gasteiger partial charge < -0.3 is 5.73 Å². The van der Waals surface area contributed by atoms with E-state index in [-0.39, 0.29) is 17.9 Å². The minimum Gasteiger partial charge on any atom is -0.381 e. The van der Waals surface area contributed by atoms with Crippen LogP contribution in [0.1, 0.15) is 11.3 Å². The van der Waals surface area contributed by atoms with Gasteiger partial charge in [0.15, 0.2) is 5.82 Å². The number of anilines is 1. The molecule has 0 radical (unpaired) electrons. The summed E-state index contributed by atoms with van der Waals surface area (Å²) in [6.07, 6.45) is 0. The average Bonchev–Trinajstić information content (AvgIpc) is 2.54. The maximum atomic E-state index is 8.65. The Hall–Kier alpha value is -2.63. The molecule has 0 spiro atoms. The maximum absolute atomic E-state index is 8.65. The minimum absolute atomic E-state index is 0.0420. The SMILES string of the molecule is N#Cc1c(N)n[nH]c1C#CCN=[N+]=[N-]. The molecule has 0 bridgehead atoms. The van der Waals surface area contributed by atoms with Crippen LogP contribution in [0.3, 0.4) is 0 Å². The summed E-state index contributed by atoms with van der Waals surface area (Å²) in [5.74, 6) is 5.24. The average molecular weight is 187 g/mol. The minimum atomic E-state index is 0.0420. The number of aromatic nitrogens is 2. The number of nitrogens with two attached hydrogens (primary N) is 1. The summed E-state index contributed by atoms with van der Waals surface area (Å²) in [7, 11) is 0. The highest BCUT2D eigenvalue weighted by Crippen LogP contribution is 2.09. The molecule has 0 aliphatic rings. The second kappa shape index (κ2) is 4.41. The van der Waals surface area contributed by atoms with E-state index in [2.05, 4.69) is 32.1 Å². The molecule has 0 aliphatic heterocycles. The van der Waals surface area contributed by atoms with Crippen molar-refractivity contribution in [1.29, 1.82) is 5.26 Å². The van der Waals surface area contributed by atoms with E-state index in [0.717, 1.165) is 0 Å². The van der Waals surface area contributed by atoms with Gasteiger partial charge in [-0.3, -0.25) is 5.10 Å². The molecule has 14 heavy (non-hydrogen) atoms. The molecule has 0 amide bonds. The van der Waals surface area contributed by atoms with Crippen LogP contribution in [0.5, 0.6) is 0 Å². The van der Waals surface area contributed by atoms with E-state index in [1.165, 1.54) is 0 Å². The Labute approximate surface area is 79.2 Å². The first-order valence-electron chi connectivity index (χ1n) is 3.53. The lowest BCUT2D eigenvalue weighted by atomic mass is 10.2. The van der Waals surface area contributed by atoms with Crippen LogP contribution >= 0.6 is 0 Å².